The highest BCUT2D eigenvalue weighted by Gasteiger charge is 2.20. The molecule has 2 aromatic rings. The molecular formula is C21H27F2N7. The first-order chi connectivity index (χ1) is 14.5. The number of benzene rings is 1. The van der Waals surface area contributed by atoms with E-state index in [1.54, 1.807) is 6.20 Å². The average Bonchev–Trinajstić information content (AvgIpc) is 2.77. The third-order valence-electron chi connectivity index (χ3n) is 5.04. The number of nitrogens with one attached hydrogen (secondary N) is 3. The van der Waals surface area contributed by atoms with E-state index in [1.807, 2.05) is 31.3 Å². The van der Waals surface area contributed by atoms with Gasteiger partial charge in [-0.2, -0.15) is 0 Å². The molecule has 1 aromatic carbocycles. The van der Waals surface area contributed by atoms with Gasteiger partial charge in [-0.1, -0.05) is 12.1 Å². The van der Waals surface area contributed by atoms with Gasteiger partial charge in [0.2, 0.25) is 5.95 Å². The molecule has 1 aliphatic rings. The maximum Gasteiger partial charge on any atom is 0.255 e. The molecule has 0 unspecified atom stereocenters. The molecule has 0 spiro atoms. The van der Waals surface area contributed by atoms with E-state index in [2.05, 4.69) is 20.5 Å². The number of hydrogen-bond donors (Lipinski definition) is 4. The van der Waals surface area contributed by atoms with Crippen LogP contribution in [0.1, 0.15) is 18.4 Å². The topological polar surface area (TPSA) is 103 Å². The fraction of sp³-hybridized carbons (Fsp3) is 0.381. The number of anilines is 2. The van der Waals surface area contributed by atoms with Crippen molar-refractivity contribution in [1.82, 2.24) is 15.3 Å². The van der Waals surface area contributed by atoms with Crippen molar-refractivity contribution in [3.8, 4) is 11.3 Å². The van der Waals surface area contributed by atoms with Crippen LogP contribution in [0, 0.1) is 5.41 Å². The van der Waals surface area contributed by atoms with Gasteiger partial charge < -0.3 is 26.7 Å². The maximum absolute atomic E-state index is 12.5. The number of aromatic nitrogens is 2. The summed E-state index contributed by atoms with van der Waals surface area (Å²) in [7, 11) is 1.84. The quantitative estimate of drug-likeness (QED) is 0.495. The van der Waals surface area contributed by atoms with E-state index in [9.17, 15) is 8.78 Å². The molecule has 0 aliphatic carbocycles. The van der Waals surface area contributed by atoms with Gasteiger partial charge in [-0.05, 0) is 25.0 Å². The number of nitrogens with two attached hydrogens (primary N) is 1. The van der Waals surface area contributed by atoms with Crippen molar-refractivity contribution in [3.63, 3.8) is 0 Å². The summed E-state index contributed by atoms with van der Waals surface area (Å²) < 4.78 is 25.0. The predicted molar refractivity (Wildman–Crippen MR) is 117 cm³/mol. The number of piperidine rings is 1. The maximum atomic E-state index is 12.5. The zero-order valence-corrected chi connectivity index (χ0v) is 16.9. The fourth-order valence-electron chi connectivity index (χ4n) is 3.31. The summed E-state index contributed by atoms with van der Waals surface area (Å²) in [6.45, 7) is 1.07. The van der Waals surface area contributed by atoms with Gasteiger partial charge in [0.1, 0.15) is 0 Å². The Morgan fingerprint density at radius 1 is 1.30 bits per heavy atom. The Morgan fingerprint density at radius 3 is 2.60 bits per heavy atom. The molecule has 3 rings (SSSR count). The molecule has 1 saturated heterocycles. The zero-order chi connectivity index (χ0) is 21.5. The second-order valence-corrected chi connectivity index (χ2v) is 7.13. The zero-order valence-electron chi connectivity index (χ0n) is 16.9. The molecule has 9 heteroatoms. The van der Waals surface area contributed by atoms with Crippen LogP contribution in [0.3, 0.4) is 0 Å². The average molecular weight is 415 g/mol. The van der Waals surface area contributed by atoms with E-state index in [0.717, 1.165) is 43.4 Å². The number of halogens is 2. The molecule has 2 heterocycles. The molecule has 30 heavy (non-hydrogen) atoms. The van der Waals surface area contributed by atoms with Crippen molar-refractivity contribution in [1.29, 1.82) is 5.41 Å². The van der Waals surface area contributed by atoms with Crippen LogP contribution in [0.25, 0.3) is 16.8 Å². The predicted octanol–water partition coefficient (Wildman–Crippen LogP) is 2.96. The van der Waals surface area contributed by atoms with Gasteiger partial charge >= 0.3 is 0 Å². The van der Waals surface area contributed by atoms with E-state index in [4.69, 9.17) is 16.1 Å². The van der Waals surface area contributed by atoms with Crippen LogP contribution >= 0.6 is 0 Å². The number of nitrogens with zero attached hydrogens (tertiary/aromatic N) is 3. The van der Waals surface area contributed by atoms with Crippen molar-refractivity contribution in [2.45, 2.75) is 25.3 Å². The molecule has 1 aliphatic heterocycles. The molecule has 1 aromatic heterocycles. The summed E-state index contributed by atoms with van der Waals surface area (Å²) in [5.41, 5.74) is 9.49. The van der Waals surface area contributed by atoms with Crippen molar-refractivity contribution >= 4 is 23.4 Å². The second-order valence-electron chi connectivity index (χ2n) is 7.13. The van der Waals surface area contributed by atoms with Gasteiger partial charge in [0.15, 0.2) is 0 Å². The minimum absolute atomic E-state index is 0.197. The molecule has 0 radical (unpaired) electrons. The lowest BCUT2D eigenvalue weighted by Crippen LogP contribution is -2.40. The van der Waals surface area contributed by atoms with Crippen LogP contribution in [-0.4, -0.2) is 55.3 Å². The van der Waals surface area contributed by atoms with Gasteiger partial charge in [-0.3, -0.25) is 0 Å². The number of rotatable bonds is 8. The molecule has 0 bridgehead atoms. The van der Waals surface area contributed by atoms with Crippen LogP contribution in [0.5, 0.6) is 0 Å². The summed E-state index contributed by atoms with van der Waals surface area (Å²) >= 11 is 0. The van der Waals surface area contributed by atoms with Crippen LogP contribution in [0.4, 0.5) is 20.4 Å². The van der Waals surface area contributed by atoms with E-state index in [1.165, 1.54) is 6.20 Å². The van der Waals surface area contributed by atoms with Crippen LogP contribution in [0.2, 0.25) is 0 Å². The summed E-state index contributed by atoms with van der Waals surface area (Å²) in [4.78, 5) is 11.4. The standard InChI is InChI=1S/C21H27F2N7/c1-26-17-4-2-14(3-5-17)20-18(15(10-24)11-27-13-19(22)23)12-28-21(29-20)30-8-6-16(25)7-9-30/h2-5,10-12,16,19,24,26-27H,6-9,13,25H2,1H3/b15-11+,24-10?. The normalized spacial score (nSPS) is 15.4. The Hall–Kier alpha value is -3.07. The minimum atomic E-state index is -2.48. The Morgan fingerprint density at radius 2 is 2.00 bits per heavy atom. The molecule has 160 valence electrons. The third-order valence-corrected chi connectivity index (χ3v) is 5.04. The van der Waals surface area contributed by atoms with Gasteiger partial charge in [0.05, 0.1) is 12.2 Å². The van der Waals surface area contributed by atoms with Gasteiger partial charge in [-0.25, -0.2) is 18.7 Å². The number of hydrogen-bond acceptors (Lipinski definition) is 7. The monoisotopic (exact) mass is 415 g/mol. The SMILES string of the molecule is CNc1ccc(-c2nc(N3CCC(N)CC3)ncc2/C(C=N)=C/NCC(F)F)cc1. The first-order valence-electron chi connectivity index (χ1n) is 9.90. The van der Waals surface area contributed by atoms with Gasteiger partial charge in [-0.15, -0.1) is 0 Å². The van der Waals surface area contributed by atoms with E-state index < -0.39 is 13.0 Å². The first-order valence-corrected chi connectivity index (χ1v) is 9.90. The highest BCUT2D eigenvalue weighted by Crippen LogP contribution is 2.29. The van der Waals surface area contributed by atoms with Crippen molar-refractivity contribution < 1.29 is 8.78 Å². The van der Waals surface area contributed by atoms with Gasteiger partial charge in [0.25, 0.3) is 6.43 Å². The van der Waals surface area contributed by atoms with E-state index in [-0.39, 0.29) is 6.04 Å². The first kappa shape index (κ1) is 21.6. The third kappa shape index (κ3) is 5.29. The van der Waals surface area contributed by atoms with Crippen molar-refractivity contribution in [2.24, 2.45) is 5.73 Å². The molecule has 0 atom stereocenters. The summed E-state index contributed by atoms with van der Waals surface area (Å²) in [6, 6.07) is 7.93. The molecule has 0 amide bonds. The summed E-state index contributed by atoms with van der Waals surface area (Å²) in [5, 5.41) is 13.4. The molecule has 5 N–H and O–H groups in total. The smallest absolute Gasteiger partial charge is 0.255 e. The van der Waals surface area contributed by atoms with Crippen LogP contribution < -0.4 is 21.3 Å². The largest absolute Gasteiger partial charge is 0.388 e. The lowest BCUT2D eigenvalue weighted by atomic mass is 10.0. The van der Waals surface area contributed by atoms with Crippen molar-refractivity contribution in [2.75, 3.05) is 36.9 Å². The lowest BCUT2D eigenvalue weighted by molar-refractivity contribution is 0.151. The molecular weight excluding hydrogens is 388 g/mol. The van der Waals surface area contributed by atoms with E-state index in [0.29, 0.717) is 22.8 Å². The molecule has 0 saturated carbocycles. The highest BCUT2D eigenvalue weighted by atomic mass is 19.3. The van der Waals surface area contributed by atoms with E-state index >= 15 is 0 Å². The Labute approximate surface area is 174 Å². The second kappa shape index (κ2) is 10.1. The minimum Gasteiger partial charge on any atom is -0.388 e. The van der Waals surface area contributed by atoms with Gasteiger partial charge in [0, 0.05) is 67.2 Å². The summed E-state index contributed by atoms with van der Waals surface area (Å²) in [6.07, 6.45) is 3.44. The number of alkyl halides is 2. The Balaban J connectivity index is 2.00. The van der Waals surface area contributed by atoms with Crippen LogP contribution in [-0.2, 0) is 0 Å². The van der Waals surface area contributed by atoms with Crippen LogP contribution in [0.15, 0.2) is 36.7 Å². The molecule has 7 nitrogen and oxygen atoms in total. The fourth-order valence-corrected chi connectivity index (χ4v) is 3.31. The Kier molecular flexibility index (Phi) is 7.29. The highest BCUT2D eigenvalue weighted by molar-refractivity contribution is 6.10. The Bertz CT molecular complexity index is 875. The number of allylic oxidation sites excluding steroid dienone is 1. The summed E-state index contributed by atoms with van der Waals surface area (Å²) in [5.74, 6) is 0.600. The lowest BCUT2D eigenvalue weighted by Gasteiger charge is -2.30. The van der Waals surface area contributed by atoms with Crippen molar-refractivity contribution in [3.05, 3.63) is 42.2 Å². The molecule has 1 fully saturated rings.